The molecular weight excluding hydrogens is 468 g/mol. The number of nitriles is 1. The number of thiophene rings is 1. The molecule has 1 amide bonds. The van der Waals surface area contributed by atoms with Crippen molar-refractivity contribution in [1.29, 1.82) is 5.26 Å². The number of hydrogen-bond acceptors (Lipinski definition) is 6. The molecule has 1 N–H and O–H groups in total. The molecule has 0 saturated heterocycles. The molecule has 1 heterocycles. The SMILES string of the molecule is CCOc1cc(C#N)cc(Br)c1OC(=O)c1ccc(CNC(=O)c2cccs2)cc1. The van der Waals surface area contributed by atoms with Gasteiger partial charge in [0.05, 0.1) is 33.2 Å². The minimum Gasteiger partial charge on any atom is -0.490 e. The number of ether oxygens (including phenoxy) is 2. The summed E-state index contributed by atoms with van der Waals surface area (Å²) in [5, 5.41) is 13.8. The number of benzene rings is 2. The lowest BCUT2D eigenvalue weighted by molar-refractivity contribution is 0.0726. The molecule has 30 heavy (non-hydrogen) atoms. The number of hydrogen-bond donors (Lipinski definition) is 1. The summed E-state index contributed by atoms with van der Waals surface area (Å²) in [6.07, 6.45) is 0. The Morgan fingerprint density at radius 3 is 2.60 bits per heavy atom. The van der Waals surface area contributed by atoms with Crippen LogP contribution in [0, 0.1) is 11.3 Å². The van der Waals surface area contributed by atoms with Crippen molar-refractivity contribution in [3.8, 4) is 17.6 Å². The molecule has 8 heteroatoms. The standard InChI is InChI=1S/C22H17BrN2O4S/c1-2-28-18-11-15(12-24)10-17(23)20(18)29-22(27)16-7-5-14(6-8-16)13-25-21(26)19-4-3-9-30-19/h3-11H,2,13H2,1H3,(H,25,26). The first-order valence-electron chi connectivity index (χ1n) is 9.01. The van der Waals surface area contributed by atoms with Gasteiger partial charge in [0.15, 0.2) is 11.5 Å². The van der Waals surface area contributed by atoms with Gasteiger partial charge < -0.3 is 14.8 Å². The zero-order valence-electron chi connectivity index (χ0n) is 16.0. The van der Waals surface area contributed by atoms with E-state index in [9.17, 15) is 9.59 Å². The van der Waals surface area contributed by atoms with Crippen LogP contribution in [0.4, 0.5) is 0 Å². The van der Waals surface area contributed by atoms with Crippen molar-refractivity contribution in [3.63, 3.8) is 0 Å². The highest BCUT2D eigenvalue weighted by atomic mass is 79.9. The molecule has 0 bridgehead atoms. The molecule has 3 rings (SSSR count). The number of esters is 1. The van der Waals surface area contributed by atoms with Crippen LogP contribution < -0.4 is 14.8 Å². The Labute approximate surface area is 186 Å². The normalized spacial score (nSPS) is 10.2. The Morgan fingerprint density at radius 1 is 1.20 bits per heavy atom. The molecule has 0 atom stereocenters. The van der Waals surface area contributed by atoms with Crippen LogP contribution in [-0.4, -0.2) is 18.5 Å². The van der Waals surface area contributed by atoms with E-state index in [4.69, 9.17) is 14.7 Å². The van der Waals surface area contributed by atoms with Crippen molar-refractivity contribution < 1.29 is 19.1 Å². The van der Waals surface area contributed by atoms with E-state index in [1.165, 1.54) is 17.4 Å². The predicted molar refractivity (Wildman–Crippen MR) is 117 cm³/mol. The Hall–Kier alpha value is -3.15. The first-order valence-corrected chi connectivity index (χ1v) is 10.7. The summed E-state index contributed by atoms with van der Waals surface area (Å²) in [7, 11) is 0. The lowest BCUT2D eigenvalue weighted by atomic mass is 10.1. The number of nitrogens with zero attached hydrogens (tertiary/aromatic N) is 1. The number of nitrogens with one attached hydrogen (secondary N) is 1. The van der Waals surface area contributed by atoms with E-state index in [0.29, 0.717) is 39.4 Å². The van der Waals surface area contributed by atoms with Crippen LogP contribution in [0.15, 0.2) is 58.4 Å². The molecule has 0 saturated carbocycles. The van der Waals surface area contributed by atoms with Crippen LogP contribution in [0.5, 0.6) is 11.5 Å². The van der Waals surface area contributed by atoms with Crippen molar-refractivity contribution >= 4 is 39.1 Å². The quantitative estimate of drug-likeness (QED) is 0.379. The van der Waals surface area contributed by atoms with Gasteiger partial charge in [0.1, 0.15) is 0 Å². The summed E-state index contributed by atoms with van der Waals surface area (Å²) < 4.78 is 11.5. The van der Waals surface area contributed by atoms with Gasteiger partial charge in [-0.05, 0) is 58.1 Å². The molecule has 0 unspecified atom stereocenters. The Morgan fingerprint density at radius 2 is 1.97 bits per heavy atom. The van der Waals surface area contributed by atoms with E-state index in [1.807, 2.05) is 17.5 Å². The highest BCUT2D eigenvalue weighted by Gasteiger charge is 2.17. The third-order valence-corrected chi connectivity index (χ3v) is 5.48. The maximum absolute atomic E-state index is 12.6. The Kier molecular flexibility index (Phi) is 7.22. The number of rotatable bonds is 7. The lowest BCUT2D eigenvalue weighted by Gasteiger charge is -2.13. The molecule has 2 aromatic carbocycles. The third kappa shape index (κ3) is 5.26. The van der Waals surface area contributed by atoms with E-state index >= 15 is 0 Å². The van der Waals surface area contributed by atoms with Gasteiger partial charge in [-0.3, -0.25) is 4.79 Å². The van der Waals surface area contributed by atoms with E-state index < -0.39 is 5.97 Å². The van der Waals surface area contributed by atoms with Gasteiger partial charge >= 0.3 is 5.97 Å². The van der Waals surface area contributed by atoms with Crippen LogP contribution in [0.1, 0.15) is 38.1 Å². The van der Waals surface area contributed by atoms with E-state index in [0.717, 1.165) is 5.56 Å². The van der Waals surface area contributed by atoms with Crippen LogP contribution in [0.25, 0.3) is 0 Å². The van der Waals surface area contributed by atoms with Crippen LogP contribution >= 0.6 is 27.3 Å². The smallest absolute Gasteiger partial charge is 0.343 e. The largest absolute Gasteiger partial charge is 0.490 e. The van der Waals surface area contributed by atoms with Gasteiger partial charge in [0.25, 0.3) is 5.91 Å². The van der Waals surface area contributed by atoms with Gasteiger partial charge in [0.2, 0.25) is 0 Å². The van der Waals surface area contributed by atoms with Gasteiger partial charge in [-0.2, -0.15) is 5.26 Å². The Balaban J connectivity index is 1.68. The second kappa shape index (κ2) is 10.1. The summed E-state index contributed by atoms with van der Waals surface area (Å²) in [6, 6.07) is 15.5. The Bertz CT molecular complexity index is 1090. The van der Waals surface area contributed by atoms with Crippen LogP contribution in [0.2, 0.25) is 0 Å². The molecule has 3 aromatic rings. The van der Waals surface area contributed by atoms with Crippen molar-refractivity contribution in [3.05, 3.63) is 80.0 Å². The topological polar surface area (TPSA) is 88.4 Å². The summed E-state index contributed by atoms with van der Waals surface area (Å²) in [5.74, 6) is -0.170. The first kappa shape index (κ1) is 21.6. The average Bonchev–Trinajstić information content (AvgIpc) is 3.29. The molecule has 0 spiro atoms. The monoisotopic (exact) mass is 484 g/mol. The number of halogens is 1. The van der Waals surface area contributed by atoms with Gasteiger partial charge in [-0.15, -0.1) is 11.3 Å². The fraction of sp³-hybridized carbons (Fsp3) is 0.136. The number of amides is 1. The molecule has 1 aromatic heterocycles. The molecule has 0 aliphatic heterocycles. The zero-order chi connectivity index (χ0) is 21.5. The van der Waals surface area contributed by atoms with E-state index in [-0.39, 0.29) is 11.7 Å². The molecule has 0 fully saturated rings. The van der Waals surface area contributed by atoms with Crippen molar-refractivity contribution in [2.45, 2.75) is 13.5 Å². The second-order valence-corrected chi connectivity index (χ2v) is 7.88. The lowest BCUT2D eigenvalue weighted by Crippen LogP contribution is -2.21. The molecule has 152 valence electrons. The number of carbonyl (C=O) groups excluding carboxylic acids is 2. The maximum atomic E-state index is 12.6. The fourth-order valence-electron chi connectivity index (χ4n) is 2.58. The summed E-state index contributed by atoms with van der Waals surface area (Å²) >= 11 is 4.70. The molecule has 0 aliphatic carbocycles. The highest BCUT2D eigenvalue weighted by molar-refractivity contribution is 9.10. The van der Waals surface area contributed by atoms with E-state index in [2.05, 4.69) is 21.2 Å². The summed E-state index contributed by atoms with van der Waals surface area (Å²) in [5.41, 5.74) is 1.59. The second-order valence-electron chi connectivity index (χ2n) is 6.08. The maximum Gasteiger partial charge on any atom is 0.343 e. The third-order valence-electron chi connectivity index (χ3n) is 4.02. The average molecular weight is 485 g/mol. The minimum atomic E-state index is -0.560. The van der Waals surface area contributed by atoms with Crippen molar-refractivity contribution in [1.82, 2.24) is 5.32 Å². The highest BCUT2D eigenvalue weighted by Crippen LogP contribution is 2.37. The fourth-order valence-corrected chi connectivity index (χ4v) is 3.75. The predicted octanol–water partition coefficient (Wildman–Crippen LogP) is 4.93. The molecule has 6 nitrogen and oxygen atoms in total. The summed E-state index contributed by atoms with van der Waals surface area (Å²) in [6.45, 7) is 2.51. The van der Waals surface area contributed by atoms with Gasteiger partial charge in [-0.1, -0.05) is 18.2 Å². The zero-order valence-corrected chi connectivity index (χ0v) is 18.4. The van der Waals surface area contributed by atoms with Gasteiger partial charge in [-0.25, -0.2) is 4.79 Å². The van der Waals surface area contributed by atoms with Crippen molar-refractivity contribution in [2.24, 2.45) is 0 Å². The van der Waals surface area contributed by atoms with Crippen LogP contribution in [-0.2, 0) is 6.54 Å². The first-order chi connectivity index (χ1) is 14.5. The molecule has 0 aliphatic rings. The van der Waals surface area contributed by atoms with Crippen LogP contribution in [0.3, 0.4) is 0 Å². The number of carbonyl (C=O) groups is 2. The van der Waals surface area contributed by atoms with E-state index in [1.54, 1.807) is 43.3 Å². The molecular formula is C22H17BrN2O4S. The van der Waals surface area contributed by atoms with Crippen molar-refractivity contribution in [2.75, 3.05) is 6.61 Å². The van der Waals surface area contributed by atoms with Gasteiger partial charge in [0, 0.05) is 12.6 Å². The minimum absolute atomic E-state index is 0.136. The molecule has 0 radical (unpaired) electrons. The summed E-state index contributed by atoms with van der Waals surface area (Å²) in [4.78, 5) is 25.2.